The molecular weight excluding hydrogens is 602 g/mol. The number of hydrogen-bond acceptors (Lipinski definition) is 6. The Morgan fingerprint density at radius 2 is 0.844 bits per heavy atom. The number of halogens is 6. The Hall–Kier alpha value is -5.28. The molecular formula is C29H24F6N10. The van der Waals surface area contributed by atoms with Gasteiger partial charge in [0.1, 0.15) is 11.4 Å². The topological polar surface area (TPSA) is 97.1 Å². The van der Waals surface area contributed by atoms with E-state index in [0.717, 1.165) is 45.3 Å². The van der Waals surface area contributed by atoms with Crippen molar-refractivity contribution in [3.05, 3.63) is 107 Å². The molecule has 0 amide bonds. The van der Waals surface area contributed by atoms with Gasteiger partial charge in [-0.25, -0.2) is 28.7 Å². The number of rotatable bonds is 6. The third-order valence-electron chi connectivity index (χ3n) is 7.12. The lowest BCUT2D eigenvalue weighted by atomic mass is 9.84. The minimum Gasteiger partial charge on any atom is -0.237 e. The monoisotopic (exact) mass is 626 g/mol. The van der Waals surface area contributed by atoms with Crippen LogP contribution in [0.25, 0.3) is 23.0 Å². The van der Waals surface area contributed by atoms with Crippen molar-refractivity contribution >= 4 is 0 Å². The molecule has 6 heterocycles. The van der Waals surface area contributed by atoms with Crippen LogP contribution >= 0.6 is 0 Å². The highest BCUT2D eigenvalue weighted by atomic mass is 19.4. The summed E-state index contributed by atoms with van der Waals surface area (Å²) in [7, 11) is 0. The second-order valence-corrected chi connectivity index (χ2v) is 10.8. The van der Waals surface area contributed by atoms with Gasteiger partial charge in [0.2, 0.25) is 0 Å². The molecule has 0 spiro atoms. The highest BCUT2D eigenvalue weighted by Gasteiger charge is 2.36. The standard InChI is InChI=1S/C29H24F6N10/c1-17-9-13-42(38-17)19-5-7-21(36-25(19)44-14-10-18(2)39-44)27(3,4)22-8-6-20(43-15-11-23(40-43)28(30,31)32)26(37-22)45-16-12-24(41-45)29(33,34)35/h5-16H,1-4H3. The fourth-order valence-electron chi connectivity index (χ4n) is 4.69. The molecule has 0 unspecified atom stereocenters. The Labute approximate surface area is 251 Å². The summed E-state index contributed by atoms with van der Waals surface area (Å²) in [6.45, 7) is 7.33. The van der Waals surface area contributed by atoms with Crippen molar-refractivity contribution in [2.45, 2.75) is 45.5 Å². The van der Waals surface area contributed by atoms with Gasteiger partial charge in [0, 0.05) is 30.2 Å². The van der Waals surface area contributed by atoms with E-state index in [2.05, 4.69) is 25.4 Å². The summed E-state index contributed by atoms with van der Waals surface area (Å²) in [5.74, 6) is 0.297. The summed E-state index contributed by atoms with van der Waals surface area (Å²) in [6, 6.07) is 11.8. The average Bonchev–Trinajstić information content (AvgIpc) is 3.79. The molecule has 0 bridgehead atoms. The minimum absolute atomic E-state index is 0.0214. The summed E-state index contributed by atoms with van der Waals surface area (Å²) < 4.78 is 85.3. The molecule has 10 nitrogen and oxygen atoms in total. The zero-order valence-electron chi connectivity index (χ0n) is 24.2. The van der Waals surface area contributed by atoms with E-state index in [9.17, 15) is 26.3 Å². The second-order valence-electron chi connectivity index (χ2n) is 10.8. The summed E-state index contributed by atoms with van der Waals surface area (Å²) >= 11 is 0. The first kappa shape index (κ1) is 29.8. The molecule has 6 aromatic heterocycles. The molecule has 0 aliphatic heterocycles. The van der Waals surface area contributed by atoms with Crippen LogP contribution in [0.1, 0.15) is 48.0 Å². The lowest BCUT2D eigenvalue weighted by Gasteiger charge is -2.26. The molecule has 0 aromatic carbocycles. The number of pyridine rings is 2. The van der Waals surface area contributed by atoms with E-state index in [0.29, 0.717) is 22.9 Å². The Bertz CT molecular complexity index is 2010. The van der Waals surface area contributed by atoms with Crippen molar-refractivity contribution in [3.63, 3.8) is 0 Å². The van der Waals surface area contributed by atoms with E-state index >= 15 is 0 Å². The quantitative estimate of drug-likeness (QED) is 0.204. The van der Waals surface area contributed by atoms with Crippen LogP contribution in [0.2, 0.25) is 0 Å². The van der Waals surface area contributed by atoms with Crippen LogP contribution in [-0.4, -0.2) is 49.1 Å². The van der Waals surface area contributed by atoms with Crippen molar-refractivity contribution in [3.8, 4) is 23.0 Å². The fraction of sp³-hybridized carbons (Fsp3) is 0.241. The number of nitrogens with zero attached hydrogens (tertiary/aromatic N) is 10. The normalized spacial score (nSPS) is 12.7. The molecule has 0 saturated carbocycles. The van der Waals surface area contributed by atoms with Gasteiger partial charge in [-0.2, -0.15) is 46.7 Å². The minimum atomic E-state index is -4.75. The van der Waals surface area contributed by atoms with Crippen LogP contribution < -0.4 is 0 Å². The molecule has 0 radical (unpaired) electrons. The van der Waals surface area contributed by atoms with Crippen LogP contribution in [0.15, 0.2) is 73.3 Å². The number of alkyl halides is 6. The Balaban J connectivity index is 1.49. The maximum absolute atomic E-state index is 13.4. The molecule has 6 rings (SSSR count). The first-order valence-electron chi connectivity index (χ1n) is 13.5. The first-order valence-corrected chi connectivity index (χ1v) is 13.5. The Morgan fingerprint density at radius 1 is 0.467 bits per heavy atom. The van der Waals surface area contributed by atoms with Crippen LogP contribution in [0.4, 0.5) is 26.3 Å². The van der Waals surface area contributed by atoms with E-state index in [4.69, 9.17) is 4.98 Å². The summed E-state index contributed by atoms with van der Waals surface area (Å²) in [6.07, 6.45) is -3.84. The lowest BCUT2D eigenvalue weighted by Crippen LogP contribution is -2.25. The molecule has 6 aromatic rings. The van der Waals surface area contributed by atoms with Crippen LogP contribution in [0, 0.1) is 13.8 Å². The zero-order valence-corrected chi connectivity index (χ0v) is 24.2. The van der Waals surface area contributed by atoms with Gasteiger partial charge < -0.3 is 0 Å². The third-order valence-corrected chi connectivity index (χ3v) is 7.12. The van der Waals surface area contributed by atoms with Gasteiger partial charge in [0.15, 0.2) is 23.0 Å². The van der Waals surface area contributed by atoms with Crippen molar-refractivity contribution < 1.29 is 26.3 Å². The highest BCUT2D eigenvalue weighted by Crippen LogP contribution is 2.34. The maximum Gasteiger partial charge on any atom is 0.435 e. The van der Waals surface area contributed by atoms with Crippen molar-refractivity contribution in [1.82, 2.24) is 49.1 Å². The summed E-state index contributed by atoms with van der Waals surface area (Å²) in [5.41, 5.74) is -0.276. The molecule has 0 fully saturated rings. The number of aromatic nitrogens is 10. The molecule has 0 aliphatic carbocycles. The van der Waals surface area contributed by atoms with Gasteiger partial charge in [0.25, 0.3) is 0 Å². The molecule has 0 aliphatic rings. The van der Waals surface area contributed by atoms with Gasteiger partial charge in [-0.15, -0.1) is 0 Å². The van der Waals surface area contributed by atoms with Gasteiger partial charge >= 0.3 is 12.4 Å². The smallest absolute Gasteiger partial charge is 0.237 e. The maximum atomic E-state index is 13.4. The van der Waals surface area contributed by atoms with Crippen LogP contribution in [0.5, 0.6) is 0 Å². The van der Waals surface area contributed by atoms with Gasteiger partial charge in [-0.05, 0) is 76.2 Å². The Morgan fingerprint density at radius 3 is 1.27 bits per heavy atom. The van der Waals surface area contributed by atoms with E-state index in [1.165, 1.54) is 6.07 Å². The van der Waals surface area contributed by atoms with Crippen molar-refractivity contribution in [2.24, 2.45) is 0 Å². The van der Waals surface area contributed by atoms with Gasteiger partial charge in [-0.3, -0.25) is 0 Å². The Kier molecular flexibility index (Phi) is 6.89. The fourth-order valence-corrected chi connectivity index (χ4v) is 4.69. The number of hydrogen-bond donors (Lipinski definition) is 0. The predicted octanol–water partition coefficient (Wildman–Crippen LogP) is 6.20. The van der Waals surface area contributed by atoms with E-state index < -0.39 is 29.2 Å². The first-order chi connectivity index (χ1) is 21.1. The molecule has 45 heavy (non-hydrogen) atoms. The van der Waals surface area contributed by atoms with Crippen LogP contribution in [0.3, 0.4) is 0 Å². The predicted molar refractivity (Wildman–Crippen MR) is 149 cm³/mol. The van der Waals surface area contributed by atoms with Crippen LogP contribution in [-0.2, 0) is 17.8 Å². The molecule has 0 atom stereocenters. The highest BCUT2D eigenvalue weighted by molar-refractivity contribution is 5.52. The van der Waals surface area contributed by atoms with Gasteiger partial charge in [-0.1, -0.05) is 0 Å². The molecule has 0 saturated heterocycles. The molecule has 232 valence electrons. The number of aryl methyl sites for hydroxylation is 2. The van der Waals surface area contributed by atoms with Gasteiger partial charge in [0.05, 0.1) is 22.8 Å². The average molecular weight is 627 g/mol. The van der Waals surface area contributed by atoms with E-state index in [-0.39, 0.29) is 11.5 Å². The zero-order chi connectivity index (χ0) is 32.3. The third kappa shape index (κ3) is 5.58. The van der Waals surface area contributed by atoms with E-state index in [1.807, 2.05) is 45.9 Å². The van der Waals surface area contributed by atoms with E-state index in [1.54, 1.807) is 33.9 Å². The summed E-state index contributed by atoms with van der Waals surface area (Å²) in [4.78, 5) is 9.56. The van der Waals surface area contributed by atoms with Crippen molar-refractivity contribution in [2.75, 3.05) is 0 Å². The summed E-state index contributed by atoms with van der Waals surface area (Å²) in [5, 5.41) is 16.2. The second kappa shape index (κ2) is 10.4. The lowest BCUT2D eigenvalue weighted by molar-refractivity contribution is -0.142. The molecule has 16 heteroatoms. The molecule has 0 N–H and O–H groups in total. The SMILES string of the molecule is Cc1ccn(-c2ccc(C(C)(C)c3ccc(-n4ccc(C(F)(F)F)n4)c(-n4ccc(C(F)(F)F)n4)n3)nc2-n2ccc(C)n2)n1. The largest absolute Gasteiger partial charge is 0.435 e. The van der Waals surface area contributed by atoms with Crippen molar-refractivity contribution in [1.29, 1.82) is 0 Å².